The van der Waals surface area contributed by atoms with E-state index in [2.05, 4.69) is 11.9 Å². The van der Waals surface area contributed by atoms with Gasteiger partial charge in [0.25, 0.3) is 0 Å². The van der Waals surface area contributed by atoms with E-state index in [0.717, 1.165) is 13.0 Å². The second-order valence-corrected chi connectivity index (χ2v) is 5.88. The van der Waals surface area contributed by atoms with Crippen LogP contribution in [0.5, 0.6) is 0 Å². The molecule has 0 bridgehead atoms. The van der Waals surface area contributed by atoms with Gasteiger partial charge in [0, 0.05) is 33.3 Å². The summed E-state index contributed by atoms with van der Waals surface area (Å²) in [4.78, 5) is 30.2. The maximum Gasteiger partial charge on any atom is 0.311 e. The molecule has 1 aliphatic heterocycles. The van der Waals surface area contributed by atoms with Crippen LogP contribution in [0.2, 0.25) is 0 Å². The molecular weight excluding hydrogens is 286 g/mol. The molecule has 0 aliphatic carbocycles. The van der Waals surface area contributed by atoms with E-state index in [1.807, 2.05) is 4.90 Å². The highest BCUT2D eigenvalue weighted by atomic mass is 16.6. The zero-order chi connectivity index (χ0) is 16.4. The van der Waals surface area contributed by atoms with Gasteiger partial charge in [0.05, 0.1) is 10.8 Å². The molecule has 1 amide bonds. The van der Waals surface area contributed by atoms with Crippen molar-refractivity contribution in [1.29, 1.82) is 0 Å². The number of amides is 1. The molecule has 1 fully saturated rings. The predicted molar refractivity (Wildman–Crippen MR) is 83.5 cm³/mol. The van der Waals surface area contributed by atoms with Gasteiger partial charge in [-0.15, -0.1) is 0 Å². The third-order valence-corrected chi connectivity index (χ3v) is 4.12. The molecule has 0 radical (unpaired) electrons. The van der Waals surface area contributed by atoms with Crippen molar-refractivity contribution in [3.8, 4) is 0 Å². The average molecular weight is 307 g/mol. The molecule has 1 aliphatic rings. The monoisotopic (exact) mass is 307 g/mol. The fraction of sp³-hybridized carbons (Fsp3) is 0.571. The molecule has 0 unspecified atom stereocenters. The van der Waals surface area contributed by atoms with E-state index in [1.165, 1.54) is 6.07 Å². The van der Waals surface area contributed by atoms with Gasteiger partial charge in [0.1, 0.15) is 5.82 Å². The summed E-state index contributed by atoms with van der Waals surface area (Å²) in [7, 11) is 3.49. The second kappa shape index (κ2) is 6.17. The Morgan fingerprint density at radius 1 is 1.50 bits per heavy atom. The fourth-order valence-corrected chi connectivity index (χ4v) is 2.72. The van der Waals surface area contributed by atoms with E-state index < -0.39 is 4.92 Å². The molecule has 22 heavy (non-hydrogen) atoms. The lowest BCUT2D eigenvalue weighted by atomic mass is 9.86. The number of nitro groups is 1. The highest BCUT2D eigenvalue weighted by Crippen LogP contribution is 2.29. The Morgan fingerprint density at radius 3 is 2.73 bits per heavy atom. The molecule has 2 N–H and O–H groups in total. The summed E-state index contributed by atoms with van der Waals surface area (Å²) >= 11 is 0. The second-order valence-electron chi connectivity index (χ2n) is 5.88. The van der Waals surface area contributed by atoms with Crippen molar-refractivity contribution in [2.75, 3.05) is 37.8 Å². The molecule has 1 saturated heterocycles. The van der Waals surface area contributed by atoms with Crippen LogP contribution >= 0.6 is 0 Å². The van der Waals surface area contributed by atoms with Crippen LogP contribution in [0.4, 0.5) is 17.3 Å². The van der Waals surface area contributed by atoms with Gasteiger partial charge in [-0.1, -0.05) is 6.92 Å². The summed E-state index contributed by atoms with van der Waals surface area (Å²) in [6.07, 6.45) is 0.864. The number of carbonyl (C=O) groups is 1. The number of pyridine rings is 1. The largest absolute Gasteiger partial charge is 0.378 e. The maximum atomic E-state index is 12.3. The summed E-state index contributed by atoms with van der Waals surface area (Å²) in [6.45, 7) is 3.37. The number of nitrogen functional groups attached to an aromatic ring is 1. The fourth-order valence-electron chi connectivity index (χ4n) is 2.72. The number of anilines is 2. The third-order valence-electron chi connectivity index (χ3n) is 4.12. The molecular formula is C14H21N5O3. The maximum absolute atomic E-state index is 12.3. The van der Waals surface area contributed by atoms with Crippen LogP contribution < -0.4 is 10.6 Å². The Bertz CT molecular complexity index is 590. The first-order valence-corrected chi connectivity index (χ1v) is 7.18. The van der Waals surface area contributed by atoms with Crippen molar-refractivity contribution >= 4 is 23.2 Å². The van der Waals surface area contributed by atoms with Crippen molar-refractivity contribution in [1.82, 2.24) is 9.88 Å². The number of piperidine rings is 1. The highest BCUT2D eigenvalue weighted by molar-refractivity contribution is 5.79. The molecule has 2 atom stereocenters. The zero-order valence-electron chi connectivity index (χ0n) is 13.0. The van der Waals surface area contributed by atoms with E-state index >= 15 is 0 Å². The van der Waals surface area contributed by atoms with E-state index in [4.69, 9.17) is 5.73 Å². The summed E-state index contributed by atoms with van der Waals surface area (Å²) in [5.74, 6) is 0.749. The normalized spacial score (nSPS) is 21.5. The number of nitrogens with two attached hydrogens (primary N) is 1. The first-order chi connectivity index (χ1) is 10.3. The number of carbonyl (C=O) groups excluding carboxylic acids is 1. The van der Waals surface area contributed by atoms with Crippen molar-refractivity contribution < 1.29 is 9.72 Å². The highest BCUT2D eigenvalue weighted by Gasteiger charge is 2.33. The van der Waals surface area contributed by atoms with Crippen LogP contribution in [0.25, 0.3) is 0 Å². The first kappa shape index (κ1) is 16.0. The molecule has 0 spiro atoms. The molecule has 1 aromatic rings. The van der Waals surface area contributed by atoms with Crippen molar-refractivity contribution in [3.05, 3.63) is 22.2 Å². The van der Waals surface area contributed by atoms with E-state index in [9.17, 15) is 14.9 Å². The minimum Gasteiger partial charge on any atom is -0.378 e. The standard InChI is InChI=1S/C14H21N5O3/c1-9-6-7-18(8-10(9)14(20)17(2)3)12-5-4-11(19(21)22)13(15)16-12/h4-5,9-10H,6-8H2,1-3H3,(H2,15,16)/t9-,10+/m0/s1. The lowest BCUT2D eigenvalue weighted by molar-refractivity contribution is -0.384. The van der Waals surface area contributed by atoms with E-state index in [-0.39, 0.29) is 23.3 Å². The Labute approximate surface area is 129 Å². The molecule has 120 valence electrons. The Morgan fingerprint density at radius 2 is 2.18 bits per heavy atom. The molecule has 1 aromatic heterocycles. The van der Waals surface area contributed by atoms with E-state index in [1.54, 1.807) is 25.1 Å². The smallest absolute Gasteiger partial charge is 0.311 e. The Kier molecular flexibility index (Phi) is 4.48. The lowest BCUT2D eigenvalue weighted by Crippen LogP contribution is -2.46. The quantitative estimate of drug-likeness (QED) is 0.662. The number of aromatic nitrogens is 1. The minimum atomic E-state index is -0.553. The Hall–Kier alpha value is -2.38. The molecule has 8 nitrogen and oxygen atoms in total. The van der Waals surface area contributed by atoms with Crippen molar-refractivity contribution in [2.45, 2.75) is 13.3 Å². The third kappa shape index (κ3) is 3.10. The van der Waals surface area contributed by atoms with Crippen LogP contribution in [0.3, 0.4) is 0 Å². The molecule has 0 aromatic carbocycles. The number of hydrogen-bond donors (Lipinski definition) is 1. The number of hydrogen-bond acceptors (Lipinski definition) is 6. The summed E-state index contributed by atoms with van der Waals surface area (Å²) in [6, 6.07) is 2.94. The first-order valence-electron chi connectivity index (χ1n) is 7.18. The topological polar surface area (TPSA) is 106 Å². The summed E-state index contributed by atoms with van der Waals surface area (Å²) in [5.41, 5.74) is 5.45. The molecule has 0 saturated carbocycles. The van der Waals surface area contributed by atoms with Gasteiger partial charge in [-0.2, -0.15) is 0 Å². The Balaban J connectivity index is 2.21. The summed E-state index contributed by atoms with van der Waals surface area (Å²) < 4.78 is 0. The average Bonchev–Trinajstić information content (AvgIpc) is 2.46. The molecule has 2 heterocycles. The van der Waals surface area contributed by atoms with Gasteiger partial charge in [-0.05, 0) is 18.4 Å². The van der Waals surface area contributed by atoms with Crippen LogP contribution in [-0.4, -0.2) is 47.9 Å². The van der Waals surface area contributed by atoms with Gasteiger partial charge in [0.15, 0.2) is 0 Å². The van der Waals surface area contributed by atoms with Crippen molar-refractivity contribution in [3.63, 3.8) is 0 Å². The van der Waals surface area contributed by atoms with Gasteiger partial charge >= 0.3 is 5.69 Å². The molecule has 2 rings (SSSR count). The van der Waals surface area contributed by atoms with Crippen molar-refractivity contribution in [2.24, 2.45) is 11.8 Å². The van der Waals surface area contributed by atoms with Gasteiger partial charge < -0.3 is 15.5 Å². The predicted octanol–water partition coefficient (Wildman–Crippen LogP) is 1.12. The van der Waals surface area contributed by atoms with Gasteiger partial charge in [-0.3, -0.25) is 14.9 Å². The summed E-state index contributed by atoms with van der Waals surface area (Å²) in [5, 5.41) is 10.8. The SMILES string of the molecule is C[C@H]1CCN(c2ccc([N+](=O)[O-])c(N)n2)C[C@H]1C(=O)N(C)C. The minimum absolute atomic E-state index is 0.0899. The van der Waals surface area contributed by atoms with Crippen LogP contribution in [0.15, 0.2) is 12.1 Å². The van der Waals surface area contributed by atoms with Crippen LogP contribution in [-0.2, 0) is 4.79 Å². The van der Waals surface area contributed by atoms with Crippen LogP contribution in [0.1, 0.15) is 13.3 Å². The van der Waals surface area contributed by atoms with Gasteiger partial charge in [0.2, 0.25) is 11.7 Å². The van der Waals surface area contributed by atoms with E-state index in [0.29, 0.717) is 18.3 Å². The lowest BCUT2D eigenvalue weighted by Gasteiger charge is -2.38. The zero-order valence-corrected chi connectivity index (χ0v) is 13.0. The number of rotatable bonds is 3. The van der Waals surface area contributed by atoms with Crippen LogP contribution in [0, 0.1) is 22.0 Å². The molecule has 8 heteroatoms. The number of nitrogens with zero attached hydrogens (tertiary/aromatic N) is 4. The van der Waals surface area contributed by atoms with Gasteiger partial charge in [-0.25, -0.2) is 4.98 Å².